The summed E-state index contributed by atoms with van der Waals surface area (Å²) < 4.78 is 37.8. The molecule has 17 heavy (non-hydrogen) atoms. The first-order valence-corrected chi connectivity index (χ1v) is 6.04. The summed E-state index contributed by atoms with van der Waals surface area (Å²) in [5.74, 6) is 0.192. The highest BCUT2D eigenvalue weighted by Gasteiger charge is 2.31. The first-order valence-electron chi connectivity index (χ1n) is 6.04. The summed E-state index contributed by atoms with van der Waals surface area (Å²) >= 11 is 0. The van der Waals surface area contributed by atoms with Crippen molar-refractivity contribution < 1.29 is 13.2 Å². The van der Waals surface area contributed by atoms with Gasteiger partial charge in [0.1, 0.15) is 0 Å². The highest BCUT2D eigenvalue weighted by Crippen LogP contribution is 2.33. The maximum atomic E-state index is 12.6. The van der Waals surface area contributed by atoms with Crippen LogP contribution in [0.2, 0.25) is 0 Å². The van der Waals surface area contributed by atoms with Gasteiger partial charge in [-0.1, -0.05) is 32.8 Å². The van der Waals surface area contributed by atoms with Crippen LogP contribution in [0, 0.1) is 6.92 Å². The lowest BCUT2D eigenvalue weighted by Gasteiger charge is -2.17. The Balaban J connectivity index is 2.98. The molecule has 0 nitrogen and oxygen atoms in total. The standard InChI is InChI=1S/C14H19F3/c1-4-5-6-10(2)13-9-12(14(15,16)17)8-7-11(13)3/h7-10H,4-6H2,1-3H3/t10-/m1/s1. The zero-order valence-corrected chi connectivity index (χ0v) is 10.6. The Morgan fingerprint density at radius 1 is 1.24 bits per heavy atom. The highest BCUT2D eigenvalue weighted by molar-refractivity contribution is 5.34. The maximum Gasteiger partial charge on any atom is 0.416 e. The van der Waals surface area contributed by atoms with E-state index in [9.17, 15) is 13.2 Å². The van der Waals surface area contributed by atoms with Gasteiger partial charge < -0.3 is 0 Å². The number of unbranched alkanes of at least 4 members (excludes halogenated alkanes) is 1. The minimum absolute atomic E-state index is 0.192. The smallest absolute Gasteiger partial charge is 0.166 e. The number of halogens is 3. The SMILES string of the molecule is CCCC[C@@H](C)c1cc(C(F)(F)F)ccc1C. The maximum absolute atomic E-state index is 12.6. The molecule has 0 aliphatic heterocycles. The van der Waals surface area contributed by atoms with Crippen LogP contribution in [0.5, 0.6) is 0 Å². The van der Waals surface area contributed by atoms with Crippen LogP contribution in [0.3, 0.4) is 0 Å². The molecule has 1 aromatic carbocycles. The Morgan fingerprint density at radius 3 is 2.41 bits per heavy atom. The molecule has 0 N–H and O–H groups in total. The van der Waals surface area contributed by atoms with Crippen LogP contribution in [0.4, 0.5) is 13.2 Å². The molecule has 1 atom stereocenters. The number of aryl methyl sites for hydroxylation is 1. The average Bonchev–Trinajstić information content (AvgIpc) is 2.24. The predicted molar refractivity (Wildman–Crippen MR) is 64.1 cm³/mol. The first-order chi connectivity index (χ1) is 7.86. The van der Waals surface area contributed by atoms with Crippen molar-refractivity contribution in [2.45, 2.75) is 52.1 Å². The first kappa shape index (κ1) is 14.1. The fraction of sp³-hybridized carbons (Fsp3) is 0.571. The van der Waals surface area contributed by atoms with E-state index in [1.807, 2.05) is 13.8 Å². The van der Waals surface area contributed by atoms with Gasteiger partial charge in [-0.3, -0.25) is 0 Å². The zero-order valence-electron chi connectivity index (χ0n) is 10.6. The minimum Gasteiger partial charge on any atom is -0.166 e. The molecule has 0 heterocycles. The molecule has 1 aromatic rings. The second kappa shape index (κ2) is 5.56. The van der Waals surface area contributed by atoms with E-state index < -0.39 is 11.7 Å². The molecular weight excluding hydrogens is 225 g/mol. The van der Waals surface area contributed by atoms with Crippen LogP contribution < -0.4 is 0 Å². The van der Waals surface area contributed by atoms with Gasteiger partial charge in [-0.05, 0) is 42.5 Å². The summed E-state index contributed by atoms with van der Waals surface area (Å²) in [4.78, 5) is 0. The third-order valence-electron chi connectivity index (χ3n) is 3.13. The normalized spacial score (nSPS) is 13.8. The van der Waals surface area contributed by atoms with Gasteiger partial charge in [-0.15, -0.1) is 0 Å². The second-order valence-corrected chi connectivity index (χ2v) is 4.61. The quantitative estimate of drug-likeness (QED) is 0.673. The van der Waals surface area contributed by atoms with E-state index in [2.05, 4.69) is 6.92 Å². The molecule has 0 bridgehead atoms. The molecule has 0 fully saturated rings. The van der Waals surface area contributed by atoms with Crippen molar-refractivity contribution in [2.75, 3.05) is 0 Å². The van der Waals surface area contributed by atoms with Gasteiger partial charge in [0.2, 0.25) is 0 Å². The lowest BCUT2D eigenvalue weighted by molar-refractivity contribution is -0.137. The molecule has 3 heteroatoms. The van der Waals surface area contributed by atoms with Crippen molar-refractivity contribution in [3.05, 3.63) is 34.9 Å². The van der Waals surface area contributed by atoms with Crippen LogP contribution in [0.25, 0.3) is 0 Å². The third kappa shape index (κ3) is 3.76. The van der Waals surface area contributed by atoms with Gasteiger partial charge in [0, 0.05) is 0 Å². The van der Waals surface area contributed by atoms with E-state index in [4.69, 9.17) is 0 Å². The minimum atomic E-state index is -4.24. The van der Waals surface area contributed by atoms with Crippen molar-refractivity contribution in [1.29, 1.82) is 0 Å². The van der Waals surface area contributed by atoms with E-state index in [0.29, 0.717) is 0 Å². The van der Waals surface area contributed by atoms with Crippen LogP contribution in [0.1, 0.15) is 55.7 Å². The summed E-state index contributed by atoms with van der Waals surface area (Å²) in [5.41, 5.74) is 1.23. The number of hydrogen-bond acceptors (Lipinski definition) is 0. The topological polar surface area (TPSA) is 0 Å². The van der Waals surface area contributed by atoms with Crippen molar-refractivity contribution >= 4 is 0 Å². The van der Waals surface area contributed by atoms with Gasteiger partial charge in [-0.2, -0.15) is 13.2 Å². The number of alkyl halides is 3. The third-order valence-corrected chi connectivity index (χ3v) is 3.13. The largest absolute Gasteiger partial charge is 0.416 e. The van der Waals surface area contributed by atoms with Gasteiger partial charge in [0.05, 0.1) is 5.56 Å². The lowest BCUT2D eigenvalue weighted by Crippen LogP contribution is -2.07. The monoisotopic (exact) mass is 244 g/mol. The molecule has 0 unspecified atom stereocenters. The van der Waals surface area contributed by atoms with Crippen molar-refractivity contribution in [1.82, 2.24) is 0 Å². The van der Waals surface area contributed by atoms with Gasteiger partial charge in [0.25, 0.3) is 0 Å². The molecule has 0 amide bonds. The Labute approximate surface area is 101 Å². The lowest BCUT2D eigenvalue weighted by atomic mass is 9.90. The van der Waals surface area contributed by atoms with E-state index in [1.165, 1.54) is 6.07 Å². The van der Waals surface area contributed by atoms with E-state index in [0.717, 1.165) is 36.5 Å². The summed E-state index contributed by atoms with van der Waals surface area (Å²) in [6, 6.07) is 4.03. The van der Waals surface area contributed by atoms with E-state index >= 15 is 0 Å². The molecule has 0 saturated heterocycles. The van der Waals surface area contributed by atoms with Gasteiger partial charge >= 0.3 is 6.18 Å². The molecule has 0 aliphatic rings. The predicted octanol–water partition coefficient (Wildman–Crippen LogP) is 5.31. The Hall–Kier alpha value is -0.990. The summed E-state index contributed by atoms with van der Waals surface area (Å²) in [6.07, 6.45) is -1.18. The molecule has 0 aliphatic carbocycles. The molecule has 0 saturated carbocycles. The van der Waals surface area contributed by atoms with Crippen molar-refractivity contribution in [3.8, 4) is 0 Å². The van der Waals surface area contributed by atoms with Crippen LogP contribution in [-0.4, -0.2) is 0 Å². The van der Waals surface area contributed by atoms with Crippen molar-refractivity contribution in [2.24, 2.45) is 0 Å². The molecule has 1 rings (SSSR count). The average molecular weight is 244 g/mol. The molecule has 0 radical (unpaired) electrons. The number of hydrogen-bond donors (Lipinski definition) is 0. The molecule has 0 spiro atoms. The van der Waals surface area contributed by atoms with Gasteiger partial charge in [0.15, 0.2) is 0 Å². The molecular formula is C14H19F3. The number of rotatable bonds is 4. The summed E-state index contributed by atoms with van der Waals surface area (Å²) in [6.45, 7) is 5.96. The molecule has 96 valence electrons. The Morgan fingerprint density at radius 2 is 1.88 bits per heavy atom. The second-order valence-electron chi connectivity index (χ2n) is 4.61. The van der Waals surface area contributed by atoms with Crippen LogP contribution in [-0.2, 0) is 6.18 Å². The number of benzene rings is 1. The zero-order chi connectivity index (χ0) is 13.1. The van der Waals surface area contributed by atoms with E-state index in [-0.39, 0.29) is 5.92 Å². The van der Waals surface area contributed by atoms with E-state index in [1.54, 1.807) is 6.07 Å². The fourth-order valence-corrected chi connectivity index (χ4v) is 2.01. The Kier molecular flexibility index (Phi) is 4.61. The Bertz CT molecular complexity index is 366. The summed E-state index contributed by atoms with van der Waals surface area (Å²) in [7, 11) is 0. The van der Waals surface area contributed by atoms with Gasteiger partial charge in [-0.25, -0.2) is 0 Å². The summed E-state index contributed by atoms with van der Waals surface area (Å²) in [5, 5.41) is 0. The fourth-order valence-electron chi connectivity index (χ4n) is 2.01. The van der Waals surface area contributed by atoms with Crippen LogP contribution >= 0.6 is 0 Å². The highest BCUT2D eigenvalue weighted by atomic mass is 19.4. The van der Waals surface area contributed by atoms with Crippen LogP contribution in [0.15, 0.2) is 18.2 Å². The van der Waals surface area contributed by atoms with Crippen molar-refractivity contribution in [3.63, 3.8) is 0 Å². The molecule has 0 aromatic heterocycles.